The third-order valence-corrected chi connectivity index (χ3v) is 5.61. The molecular weight excluding hydrogens is 394 g/mol. The number of rotatable bonds is 6. The van der Waals surface area contributed by atoms with E-state index in [-0.39, 0.29) is 8.66 Å². The third-order valence-electron chi connectivity index (χ3n) is 1.97. The summed E-state index contributed by atoms with van der Waals surface area (Å²) in [5, 5.41) is 8.68. The smallest absolute Gasteiger partial charge is 0.345 e. The first-order chi connectivity index (χ1) is 8.97. The summed E-state index contributed by atoms with van der Waals surface area (Å²) in [6.07, 6.45) is -4.02. The zero-order valence-corrected chi connectivity index (χ0v) is 12.5. The molecule has 0 aliphatic carbocycles. The van der Waals surface area contributed by atoms with E-state index >= 15 is 0 Å². The number of hydrogen-bond donors (Lipinski definition) is 2. The molecule has 5 nitrogen and oxygen atoms in total. The molecule has 1 heterocycles. The van der Waals surface area contributed by atoms with Gasteiger partial charge in [-0.25, -0.2) is 26.7 Å². The first-order valence-corrected chi connectivity index (χ1v) is 7.75. The van der Waals surface area contributed by atoms with E-state index in [1.54, 1.807) is 0 Å². The van der Waals surface area contributed by atoms with Crippen molar-refractivity contribution in [3.05, 3.63) is 14.7 Å². The predicted octanol–water partition coefficient (Wildman–Crippen LogP) is 2.39. The van der Waals surface area contributed by atoms with Crippen molar-refractivity contribution < 1.29 is 35.9 Å². The van der Waals surface area contributed by atoms with Crippen molar-refractivity contribution in [1.82, 2.24) is 4.72 Å². The van der Waals surface area contributed by atoms with Crippen molar-refractivity contribution in [3.8, 4) is 0 Å². The van der Waals surface area contributed by atoms with Crippen LogP contribution in [0.25, 0.3) is 0 Å². The van der Waals surface area contributed by atoms with Crippen LogP contribution in [0.15, 0.2) is 14.7 Å². The second-order valence-corrected chi connectivity index (χ2v) is 7.55. The van der Waals surface area contributed by atoms with Gasteiger partial charge in [-0.3, -0.25) is 0 Å². The molecule has 12 heteroatoms. The van der Waals surface area contributed by atoms with Gasteiger partial charge in [0.2, 0.25) is 10.0 Å². The minimum absolute atomic E-state index is 0.136. The number of nitrogens with one attached hydrogen (secondary N) is 1. The Morgan fingerprint density at radius 3 is 2.45 bits per heavy atom. The fraction of sp³-hybridized carbons (Fsp3) is 0.375. The van der Waals surface area contributed by atoms with Crippen LogP contribution in [-0.2, 0) is 10.0 Å². The van der Waals surface area contributed by atoms with Crippen LogP contribution < -0.4 is 4.72 Å². The Bertz CT molecular complexity index is 616. The highest BCUT2D eigenvalue weighted by Gasteiger charge is 2.42. The molecule has 0 unspecified atom stereocenters. The highest BCUT2D eigenvalue weighted by Crippen LogP contribution is 2.32. The van der Waals surface area contributed by atoms with Crippen LogP contribution in [0.1, 0.15) is 9.67 Å². The van der Waals surface area contributed by atoms with Crippen LogP contribution in [0.3, 0.4) is 0 Å². The number of carbonyl (C=O) groups is 1. The maximum Gasteiger partial charge on any atom is 0.345 e. The van der Waals surface area contributed by atoms with Crippen LogP contribution in [-0.4, -0.2) is 38.4 Å². The first kappa shape index (κ1) is 17.3. The quantitative estimate of drug-likeness (QED) is 0.719. The highest BCUT2D eigenvalue weighted by molar-refractivity contribution is 9.11. The number of carboxylic acids is 1. The van der Waals surface area contributed by atoms with Crippen LogP contribution >= 0.6 is 27.3 Å². The maximum atomic E-state index is 12.6. The normalized spacial score (nSPS) is 12.9. The highest BCUT2D eigenvalue weighted by atomic mass is 79.9. The maximum absolute atomic E-state index is 12.6. The summed E-state index contributed by atoms with van der Waals surface area (Å²) in [6, 6.07) is 0.736. The van der Waals surface area contributed by atoms with Crippen molar-refractivity contribution >= 4 is 43.3 Å². The Morgan fingerprint density at radius 2 is 2.05 bits per heavy atom. The number of aromatic carboxylic acids is 1. The summed E-state index contributed by atoms with van der Waals surface area (Å²) in [5.74, 6) is -5.93. The summed E-state index contributed by atoms with van der Waals surface area (Å²) in [5.41, 5.74) is 0. The molecule has 0 aromatic carbocycles. The lowest BCUT2D eigenvalue weighted by Gasteiger charge is -2.15. The van der Waals surface area contributed by atoms with Crippen molar-refractivity contribution in [2.45, 2.75) is 17.2 Å². The zero-order valence-electron chi connectivity index (χ0n) is 9.24. The minimum Gasteiger partial charge on any atom is -0.477 e. The Labute approximate surface area is 122 Å². The number of alkyl halides is 4. The largest absolute Gasteiger partial charge is 0.477 e. The third kappa shape index (κ3) is 3.90. The molecular formula is C8H6BrF4NO4S2. The van der Waals surface area contributed by atoms with E-state index in [2.05, 4.69) is 15.9 Å². The molecule has 2 N–H and O–H groups in total. The summed E-state index contributed by atoms with van der Waals surface area (Å²) < 4.78 is 73.6. The summed E-state index contributed by atoms with van der Waals surface area (Å²) >= 11 is 3.32. The predicted molar refractivity (Wildman–Crippen MR) is 65.1 cm³/mol. The monoisotopic (exact) mass is 399 g/mol. The van der Waals surface area contributed by atoms with E-state index < -0.39 is 39.8 Å². The Hall–Kier alpha value is -0.720. The lowest BCUT2D eigenvalue weighted by Crippen LogP contribution is -2.41. The lowest BCUT2D eigenvalue weighted by atomic mass is 10.4. The number of sulfonamides is 1. The van der Waals surface area contributed by atoms with Crippen molar-refractivity contribution in [3.63, 3.8) is 0 Å². The number of thiophene rings is 1. The molecule has 0 aliphatic rings. The molecule has 0 fully saturated rings. The Kier molecular flexibility index (Phi) is 5.16. The second kappa shape index (κ2) is 5.95. The summed E-state index contributed by atoms with van der Waals surface area (Å²) in [6.45, 7) is -1.79. The fourth-order valence-corrected chi connectivity index (χ4v) is 4.43. The van der Waals surface area contributed by atoms with Crippen LogP contribution in [0.5, 0.6) is 0 Å². The molecule has 1 aromatic rings. The van der Waals surface area contributed by atoms with E-state index in [1.165, 1.54) is 4.72 Å². The molecule has 1 aromatic heterocycles. The molecule has 20 heavy (non-hydrogen) atoms. The van der Waals surface area contributed by atoms with Gasteiger partial charge >= 0.3 is 18.3 Å². The molecule has 0 amide bonds. The van der Waals surface area contributed by atoms with E-state index in [0.717, 1.165) is 6.07 Å². The van der Waals surface area contributed by atoms with Gasteiger partial charge in [-0.15, -0.1) is 11.3 Å². The van der Waals surface area contributed by atoms with Crippen LogP contribution in [0.4, 0.5) is 17.6 Å². The average molecular weight is 400 g/mol. The Morgan fingerprint density at radius 1 is 1.50 bits per heavy atom. The minimum atomic E-state index is -4.53. The van der Waals surface area contributed by atoms with Gasteiger partial charge in [-0.2, -0.15) is 8.78 Å². The van der Waals surface area contributed by atoms with E-state index in [4.69, 9.17) is 5.11 Å². The summed E-state index contributed by atoms with van der Waals surface area (Å²) in [4.78, 5) is 9.70. The second-order valence-electron chi connectivity index (χ2n) is 3.44. The standard InChI is InChI=1S/C8H6BrF4NO4S2/c9-5-4(1-3(19-5)6(15)16)20(17,18)14-2-8(12,13)7(10)11/h1,7,14H,2H2,(H,15,16). The molecule has 1 rings (SSSR count). The zero-order chi connectivity index (χ0) is 15.7. The number of carboxylic acid groups (broad SMARTS) is 1. The Balaban J connectivity index is 2.98. The van der Waals surface area contributed by atoms with Crippen LogP contribution in [0, 0.1) is 0 Å². The van der Waals surface area contributed by atoms with E-state index in [9.17, 15) is 30.8 Å². The fourth-order valence-electron chi connectivity index (χ4n) is 0.987. The van der Waals surface area contributed by atoms with E-state index in [1.807, 2.05) is 0 Å². The molecule has 0 bridgehead atoms. The van der Waals surface area contributed by atoms with Gasteiger partial charge in [-0.05, 0) is 22.0 Å². The molecule has 0 aliphatic heterocycles. The first-order valence-electron chi connectivity index (χ1n) is 4.65. The van der Waals surface area contributed by atoms with Gasteiger partial charge in [0.1, 0.15) is 9.77 Å². The van der Waals surface area contributed by atoms with Gasteiger partial charge in [-0.1, -0.05) is 0 Å². The topological polar surface area (TPSA) is 83.5 Å². The van der Waals surface area contributed by atoms with Gasteiger partial charge in [0.15, 0.2) is 0 Å². The van der Waals surface area contributed by atoms with Crippen molar-refractivity contribution in [1.29, 1.82) is 0 Å². The van der Waals surface area contributed by atoms with Gasteiger partial charge in [0, 0.05) is 0 Å². The molecule has 0 atom stereocenters. The van der Waals surface area contributed by atoms with Crippen molar-refractivity contribution in [2.75, 3.05) is 6.54 Å². The molecule has 0 spiro atoms. The average Bonchev–Trinajstić information content (AvgIpc) is 2.70. The van der Waals surface area contributed by atoms with Crippen molar-refractivity contribution in [2.24, 2.45) is 0 Å². The summed E-state index contributed by atoms with van der Waals surface area (Å²) in [7, 11) is -4.53. The molecule has 0 saturated carbocycles. The SMILES string of the molecule is O=C(O)c1cc(S(=O)(=O)NCC(F)(F)C(F)F)c(Br)s1. The van der Waals surface area contributed by atoms with Gasteiger partial charge in [0.05, 0.1) is 10.3 Å². The van der Waals surface area contributed by atoms with Gasteiger partial charge in [0.25, 0.3) is 0 Å². The lowest BCUT2D eigenvalue weighted by molar-refractivity contribution is -0.122. The van der Waals surface area contributed by atoms with E-state index in [0.29, 0.717) is 11.3 Å². The molecule has 114 valence electrons. The molecule has 0 saturated heterocycles. The van der Waals surface area contributed by atoms with Crippen LogP contribution in [0.2, 0.25) is 0 Å². The molecule has 0 radical (unpaired) electrons. The van der Waals surface area contributed by atoms with Gasteiger partial charge < -0.3 is 5.11 Å². The number of hydrogen-bond acceptors (Lipinski definition) is 4. The number of halogens is 5.